The quantitative estimate of drug-likeness (QED) is 0.0939. The number of aryl methyl sites for hydroxylation is 1. The molecule has 4 aromatic carbocycles. The summed E-state index contributed by atoms with van der Waals surface area (Å²) < 4.78 is 9.73. The summed E-state index contributed by atoms with van der Waals surface area (Å²) in [5, 5.41) is 22.2. The maximum Gasteiger partial charge on any atom is 0.355 e. The van der Waals surface area contributed by atoms with Gasteiger partial charge in [-0.3, -0.25) is 29.7 Å². The van der Waals surface area contributed by atoms with Gasteiger partial charge in [0, 0.05) is 84.9 Å². The molecule has 6 heterocycles. The smallest absolute Gasteiger partial charge is 0.355 e. The van der Waals surface area contributed by atoms with Crippen LogP contribution in [0.15, 0.2) is 91.1 Å². The van der Waals surface area contributed by atoms with E-state index < -0.39 is 11.9 Å². The van der Waals surface area contributed by atoms with Crippen LogP contribution in [-0.4, -0.2) is 74.3 Å². The molecular formula is C57H60N8O6S. The van der Waals surface area contributed by atoms with E-state index in [1.54, 1.807) is 6.07 Å². The number of hydrogen-bond acceptors (Lipinski definition) is 11. The van der Waals surface area contributed by atoms with Gasteiger partial charge in [-0.1, -0.05) is 60.9 Å². The maximum absolute atomic E-state index is 13.9. The van der Waals surface area contributed by atoms with Crippen LogP contribution >= 0.6 is 11.3 Å². The van der Waals surface area contributed by atoms with Gasteiger partial charge in [-0.05, 0) is 136 Å². The number of benzene rings is 4. The molecule has 14 nitrogen and oxygen atoms in total. The van der Waals surface area contributed by atoms with Crippen LogP contribution in [0.3, 0.4) is 0 Å². The van der Waals surface area contributed by atoms with E-state index in [2.05, 4.69) is 60.7 Å². The number of ether oxygens (including phenoxy) is 1. The summed E-state index contributed by atoms with van der Waals surface area (Å²) in [5.74, 6) is -0.0112. The topological polar surface area (TPSA) is 172 Å². The minimum absolute atomic E-state index is 0.00975. The van der Waals surface area contributed by atoms with Gasteiger partial charge in [-0.2, -0.15) is 5.10 Å². The number of aromatic nitrogens is 4. The van der Waals surface area contributed by atoms with Gasteiger partial charge in [0.1, 0.15) is 5.75 Å². The van der Waals surface area contributed by atoms with Gasteiger partial charge in [0.2, 0.25) is 11.8 Å². The van der Waals surface area contributed by atoms with Crippen molar-refractivity contribution >= 4 is 72.7 Å². The molecule has 2 saturated heterocycles. The SMILES string of the molecule is Cc1c(OC2CCC(CCCC3CCN(c4ccc5c(C6CCC(=O)NC6=O)nn(C)c5c4)CC3)CC2)ccc(N2CCc3cccc(C(=O)Nc4nc5ccccc5s4)c3C2)c1-c1cccnc1C(=O)O. The van der Waals surface area contributed by atoms with Crippen LogP contribution in [0.5, 0.6) is 5.75 Å². The third kappa shape index (κ3) is 9.53. The van der Waals surface area contributed by atoms with Gasteiger partial charge < -0.3 is 19.6 Å². The summed E-state index contributed by atoms with van der Waals surface area (Å²) in [6, 6.07) is 27.9. The van der Waals surface area contributed by atoms with Gasteiger partial charge in [0.05, 0.1) is 33.4 Å². The molecule has 1 unspecified atom stereocenters. The summed E-state index contributed by atoms with van der Waals surface area (Å²) in [7, 11) is 1.93. The molecular weight excluding hydrogens is 925 g/mol. The molecule has 370 valence electrons. The third-order valence-corrected chi connectivity index (χ3v) is 16.7. The number of piperidine rings is 2. The number of amides is 3. The molecule has 3 N–H and O–H groups in total. The van der Waals surface area contributed by atoms with Crippen molar-refractivity contribution in [2.75, 3.05) is 34.8 Å². The highest BCUT2D eigenvalue weighted by atomic mass is 32.1. The number of aromatic carboxylic acids is 1. The van der Waals surface area contributed by atoms with Crippen LogP contribution < -0.4 is 25.2 Å². The molecule has 1 saturated carbocycles. The number of carboxylic acid groups (broad SMARTS) is 1. The Labute approximate surface area is 422 Å². The molecule has 15 heteroatoms. The van der Waals surface area contributed by atoms with E-state index in [4.69, 9.17) is 9.84 Å². The van der Waals surface area contributed by atoms with E-state index >= 15 is 0 Å². The fourth-order valence-electron chi connectivity index (χ4n) is 11.9. The predicted octanol–water partition coefficient (Wildman–Crippen LogP) is 10.6. The largest absolute Gasteiger partial charge is 0.490 e. The Morgan fingerprint density at radius 3 is 2.46 bits per heavy atom. The number of pyridine rings is 1. The molecule has 3 aliphatic heterocycles. The summed E-state index contributed by atoms with van der Waals surface area (Å²) in [6.45, 7) is 5.23. The van der Waals surface area contributed by atoms with Crippen LogP contribution in [0.25, 0.3) is 32.2 Å². The molecule has 11 rings (SSSR count). The fraction of sp³-hybridized carbons (Fsp3) is 0.386. The summed E-state index contributed by atoms with van der Waals surface area (Å²) >= 11 is 1.45. The number of carboxylic acids is 1. The Kier molecular flexibility index (Phi) is 13.2. The fourth-order valence-corrected chi connectivity index (χ4v) is 12.7. The van der Waals surface area contributed by atoms with Crippen molar-refractivity contribution in [3.8, 4) is 16.9 Å². The van der Waals surface area contributed by atoms with Gasteiger partial charge in [-0.25, -0.2) is 14.8 Å². The number of carbonyl (C=O) groups is 4. The number of nitrogens with one attached hydrogen (secondary N) is 2. The Balaban J connectivity index is 0.708. The van der Waals surface area contributed by atoms with E-state index in [-0.39, 0.29) is 29.5 Å². The normalized spacial score (nSPS) is 19.6. The average molecular weight is 985 g/mol. The first-order chi connectivity index (χ1) is 35.0. The second-order valence-corrected chi connectivity index (χ2v) is 21.2. The molecule has 1 atom stereocenters. The maximum atomic E-state index is 13.9. The van der Waals surface area contributed by atoms with Crippen molar-refractivity contribution in [3.63, 3.8) is 0 Å². The average Bonchev–Trinajstić information content (AvgIpc) is 3.96. The molecule has 7 aromatic rings. The second-order valence-electron chi connectivity index (χ2n) is 20.2. The predicted molar refractivity (Wildman–Crippen MR) is 281 cm³/mol. The van der Waals surface area contributed by atoms with Crippen LogP contribution in [0, 0.1) is 18.8 Å². The number of fused-ring (bicyclic) bond motifs is 3. The molecule has 0 radical (unpaired) electrons. The van der Waals surface area contributed by atoms with E-state index in [1.165, 1.54) is 55.3 Å². The van der Waals surface area contributed by atoms with Crippen molar-refractivity contribution < 1.29 is 29.0 Å². The zero-order valence-electron chi connectivity index (χ0n) is 40.9. The highest BCUT2D eigenvalue weighted by Gasteiger charge is 2.33. The Bertz CT molecular complexity index is 3190. The molecule has 4 aliphatic rings. The number of rotatable bonds is 13. The van der Waals surface area contributed by atoms with Crippen LogP contribution in [0.1, 0.15) is 120 Å². The minimum Gasteiger partial charge on any atom is -0.490 e. The molecule has 3 fully saturated rings. The number of carbonyl (C=O) groups excluding carboxylic acids is 3. The van der Waals surface area contributed by atoms with Gasteiger partial charge in [0.15, 0.2) is 10.8 Å². The van der Waals surface area contributed by atoms with Crippen molar-refractivity contribution in [2.24, 2.45) is 18.9 Å². The zero-order valence-corrected chi connectivity index (χ0v) is 41.7. The summed E-state index contributed by atoms with van der Waals surface area (Å²) in [5.41, 5.74) is 9.52. The number of hydrogen-bond donors (Lipinski definition) is 3. The van der Waals surface area contributed by atoms with Gasteiger partial charge in [-0.15, -0.1) is 0 Å². The van der Waals surface area contributed by atoms with E-state index in [9.17, 15) is 24.3 Å². The Morgan fingerprint density at radius 2 is 1.67 bits per heavy atom. The highest BCUT2D eigenvalue weighted by molar-refractivity contribution is 7.22. The van der Waals surface area contributed by atoms with Gasteiger partial charge >= 0.3 is 5.97 Å². The lowest BCUT2D eigenvalue weighted by atomic mass is 9.82. The molecule has 0 spiro atoms. The first kappa shape index (κ1) is 47.2. The zero-order chi connectivity index (χ0) is 49.5. The van der Waals surface area contributed by atoms with Crippen molar-refractivity contribution in [1.82, 2.24) is 25.1 Å². The van der Waals surface area contributed by atoms with E-state index in [1.807, 2.05) is 67.2 Å². The van der Waals surface area contributed by atoms with E-state index in [0.29, 0.717) is 48.1 Å². The molecule has 72 heavy (non-hydrogen) atoms. The first-order valence-corrected chi connectivity index (χ1v) is 26.4. The summed E-state index contributed by atoms with van der Waals surface area (Å²) in [6.07, 6.45) is 13.4. The van der Waals surface area contributed by atoms with Crippen molar-refractivity contribution in [1.29, 1.82) is 0 Å². The highest BCUT2D eigenvalue weighted by Crippen LogP contribution is 2.43. The third-order valence-electron chi connectivity index (χ3n) is 15.8. The number of imide groups is 1. The van der Waals surface area contributed by atoms with Crippen LogP contribution in [0.2, 0.25) is 0 Å². The van der Waals surface area contributed by atoms with Gasteiger partial charge in [0.25, 0.3) is 5.91 Å². The van der Waals surface area contributed by atoms with Crippen molar-refractivity contribution in [3.05, 3.63) is 125 Å². The van der Waals surface area contributed by atoms with Crippen molar-refractivity contribution in [2.45, 2.75) is 103 Å². The number of para-hydroxylation sites is 1. The molecule has 1 aliphatic carbocycles. The monoisotopic (exact) mass is 984 g/mol. The Morgan fingerprint density at radius 1 is 0.861 bits per heavy atom. The lowest BCUT2D eigenvalue weighted by Gasteiger charge is -2.35. The number of anilines is 3. The first-order valence-electron chi connectivity index (χ1n) is 25.6. The minimum atomic E-state index is -1.09. The summed E-state index contributed by atoms with van der Waals surface area (Å²) in [4.78, 5) is 64.7. The lowest BCUT2D eigenvalue weighted by molar-refractivity contribution is -0.134. The molecule has 3 amide bonds. The van der Waals surface area contributed by atoms with E-state index in [0.717, 1.165) is 112 Å². The molecule has 0 bridgehead atoms. The molecule has 3 aromatic heterocycles. The lowest BCUT2D eigenvalue weighted by Crippen LogP contribution is -2.39. The standard InChI is InChI=1S/C57H60N8O6S/c1-34-48(71-39-18-15-35(16-19-39)8-5-9-36-25-29-64(30-26-36)38-17-20-41-47(32-38)63(2)62-52(41)43-21-24-50(66)60-55(43)68)23-22-46(51(34)42-12-7-28-58-53(42)56(69)70)65-31-27-37-10-6-11-40(44(37)33-65)54(67)61-57-59-45-13-3-4-14-49(45)72-57/h3-4,6-7,10-14,17,20,22-23,28,32,35-36,39,43H,5,8-9,15-16,18-19,21,24-27,29-31,33H2,1-2H3,(H,69,70)(H,59,61,67)(H,60,66,68). The number of nitrogens with zero attached hydrogens (tertiary/aromatic N) is 6. The number of thiazole rings is 1. The Hall–Kier alpha value is -7.13. The van der Waals surface area contributed by atoms with Crippen LogP contribution in [0.4, 0.5) is 16.5 Å². The second kappa shape index (κ2) is 20.2. The van der Waals surface area contributed by atoms with Crippen LogP contribution in [-0.2, 0) is 29.6 Å².